The lowest BCUT2D eigenvalue weighted by atomic mass is 9.95. The van der Waals surface area contributed by atoms with E-state index in [1.807, 2.05) is 19.1 Å². The highest BCUT2D eigenvalue weighted by molar-refractivity contribution is 9.10. The van der Waals surface area contributed by atoms with Crippen LogP contribution in [0, 0.1) is 5.92 Å². The van der Waals surface area contributed by atoms with Gasteiger partial charge < -0.3 is 15.2 Å². The maximum atomic E-state index is 5.83. The lowest BCUT2D eigenvalue weighted by Gasteiger charge is -2.17. The van der Waals surface area contributed by atoms with Crippen LogP contribution in [0.3, 0.4) is 0 Å². The normalized spacial score (nSPS) is 14.1. The van der Waals surface area contributed by atoms with Gasteiger partial charge in [0.25, 0.3) is 0 Å². The first-order valence-corrected chi connectivity index (χ1v) is 6.93. The summed E-state index contributed by atoms with van der Waals surface area (Å²) in [5.41, 5.74) is 7.05. The summed E-state index contributed by atoms with van der Waals surface area (Å²) in [5, 5.41) is 0. The number of hydrogen-bond donors (Lipinski definition) is 1. The van der Waals surface area contributed by atoms with E-state index in [0.29, 0.717) is 5.92 Å². The van der Waals surface area contributed by atoms with Crippen LogP contribution in [0.25, 0.3) is 0 Å². The zero-order valence-electron chi connectivity index (χ0n) is 11.5. The molecule has 0 aliphatic heterocycles. The van der Waals surface area contributed by atoms with Gasteiger partial charge in [-0.1, -0.05) is 22.9 Å². The maximum Gasteiger partial charge on any atom is 0.161 e. The van der Waals surface area contributed by atoms with E-state index in [1.54, 1.807) is 14.2 Å². The molecule has 0 fully saturated rings. The quantitative estimate of drug-likeness (QED) is 0.875. The molecule has 2 unspecified atom stereocenters. The van der Waals surface area contributed by atoms with E-state index in [-0.39, 0.29) is 6.04 Å². The van der Waals surface area contributed by atoms with Crippen molar-refractivity contribution < 1.29 is 9.47 Å². The summed E-state index contributed by atoms with van der Waals surface area (Å²) in [5.74, 6) is 2.05. The molecule has 0 aromatic heterocycles. The monoisotopic (exact) mass is 315 g/mol. The van der Waals surface area contributed by atoms with Crippen LogP contribution in [0.4, 0.5) is 0 Å². The first kappa shape index (κ1) is 15.3. The summed E-state index contributed by atoms with van der Waals surface area (Å²) in [6.07, 6.45) is 1.99. The van der Waals surface area contributed by atoms with Crippen molar-refractivity contribution in [1.82, 2.24) is 0 Å². The number of hydrogen-bond acceptors (Lipinski definition) is 3. The predicted molar refractivity (Wildman–Crippen MR) is 78.4 cm³/mol. The van der Waals surface area contributed by atoms with Crippen molar-refractivity contribution in [1.29, 1.82) is 0 Å². The molecule has 4 heteroatoms. The first-order chi connectivity index (χ1) is 8.47. The molecular formula is C14H22BrNO2. The molecule has 1 aromatic rings. The van der Waals surface area contributed by atoms with Gasteiger partial charge >= 0.3 is 0 Å². The molecule has 102 valence electrons. The first-order valence-electron chi connectivity index (χ1n) is 6.13. The van der Waals surface area contributed by atoms with E-state index in [1.165, 1.54) is 5.56 Å². The lowest BCUT2D eigenvalue weighted by molar-refractivity contribution is 0.353. The van der Waals surface area contributed by atoms with E-state index < -0.39 is 0 Å². The zero-order chi connectivity index (χ0) is 13.7. The second kappa shape index (κ2) is 7.00. The Labute approximate surface area is 118 Å². The van der Waals surface area contributed by atoms with Gasteiger partial charge in [0.15, 0.2) is 11.5 Å². The Kier molecular flexibility index (Phi) is 5.96. The topological polar surface area (TPSA) is 44.5 Å². The van der Waals surface area contributed by atoms with Gasteiger partial charge in [-0.2, -0.15) is 0 Å². The highest BCUT2D eigenvalue weighted by Gasteiger charge is 2.13. The third kappa shape index (κ3) is 4.18. The van der Waals surface area contributed by atoms with Crippen molar-refractivity contribution in [3.8, 4) is 11.5 Å². The fraction of sp³-hybridized carbons (Fsp3) is 0.571. The zero-order valence-corrected chi connectivity index (χ0v) is 13.1. The summed E-state index contributed by atoms with van der Waals surface area (Å²) >= 11 is 3.58. The summed E-state index contributed by atoms with van der Waals surface area (Å²) in [6, 6.07) is 4.21. The number of ether oxygens (including phenoxy) is 2. The van der Waals surface area contributed by atoms with Crippen molar-refractivity contribution in [3.63, 3.8) is 0 Å². The smallest absolute Gasteiger partial charge is 0.161 e. The van der Waals surface area contributed by atoms with Gasteiger partial charge in [-0.3, -0.25) is 0 Å². The molecule has 18 heavy (non-hydrogen) atoms. The van der Waals surface area contributed by atoms with Crippen molar-refractivity contribution in [3.05, 3.63) is 22.2 Å². The second-order valence-electron chi connectivity index (χ2n) is 4.82. The van der Waals surface area contributed by atoms with Crippen molar-refractivity contribution in [2.45, 2.75) is 32.7 Å². The van der Waals surface area contributed by atoms with Gasteiger partial charge in [0, 0.05) is 10.5 Å². The molecular weight excluding hydrogens is 294 g/mol. The molecule has 0 aliphatic carbocycles. The van der Waals surface area contributed by atoms with Crippen molar-refractivity contribution >= 4 is 15.9 Å². The number of halogens is 1. The Bertz CT molecular complexity index is 394. The molecule has 0 spiro atoms. The van der Waals surface area contributed by atoms with E-state index in [0.717, 1.165) is 28.8 Å². The number of methoxy groups -OCH3 is 2. The maximum absolute atomic E-state index is 5.83. The van der Waals surface area contributed by atoms with Gasteiger partial charge in [0.05, 0.1) is 14.2 Å². The molecule has 0 aliphatic rings. The Balaban J connectivity index is 2.89. The van der Waals surface area contributed by atoms with E-state index in [9.17, 15) is 0 Å². The Morgan fingerprint density at radius 2 is 1.72 bits per heavy atom. The molecule has 0 radical (unpaired) electrons. The van der Waals surface area contributed by atoms with Crippen LogP contribution in [-0.4, -0.2) is 20.3 Å². The largest absolute Gasteiger partial charge is 0.493 e. The fourth-order valence-electron chi connectivity index (χ4n) is 2.15. The highest BCUT2D eigenvalue weighted by atomic mass is 79.9. The molecule has 2 atom stereocenters. The van der Waals surface area contributed by atoms with Crippen LogP contribution in [0.15, 0.2) is 16.6 Å². The van der Waals surface area contributed by atoms with Crippen molar-refractivity contribution in [2.24, 2.45) is 11.7 Å². The van der Waals surface area contributed by atoms with Gasteiger partial charge in [0.2, 0.25) is 0 Å². The van der Waals surface area contributed by atoms with E-state index in [4.69, 9.17) is 15.2 Å². The van der Waals surface area contributed by atoms with Crippen molar-refractivity contribution in [2.75, 3.05) is 14.2 Å². The molecule has 2 N–H and O–H groups in total. The third-order valence-corrected chi connectivity index (χ3v) is 3.63. The summed E-state index contributed by atoms with van der Waals surface area (Å²) in [7, 11) is 3.30. The molecule has 1 rings (SSSR count). The molecule has 0 saturated heterocycles. The third-order valence-electron chi connectivity index (χ3n) is 2.90. The number of nitrogens with two attached hydrogens (primary N) is 1. The van der Waals surface area contributed by atoms with Crippen LogP contribution >= 0.6 is 15.9 Å². The highest BCUT2D eigenvalue weighted by Crippen LogP contribution is 2.34. The van der Waals surface area contributed by atoms with Crippen LogP contribution in [0.5, 0.6) is 11.5 Å². The van der Waals surface area contributed by atoms with Crippen LogP contribution < -0.4 is 15.2 Å². The van der Waals surface area contributed by atoms with E-state index >= 15 is 0 Å². The predicted octanol–water partition coefficient (Wildman–Crippen LogP) is 3.38. The minimum atomic E-state index is 0.235. The number of benzene rings is 1. The van der Waals surface area contributed by atoms with Gasteiger partial charge in [0.1, 0.15) is 0 Å². The van der Waals surface area contributed by atoms with Crippen LogP contribution in [0.1, 0.15) is 25.8 Å². The average molecular weight is 316 g/mol. The van der Waals surface area contributed by atoms with Gasteiger partial charge in [-0.25, -0.2) is 0 Å². The second-order valence-corrected chi connectivity index (χ2v) is 5.68. The summed E-state index contributed by atoms with van der Waals surface area (Å²) in [6.45, 7) is 4.26. The molecule has 0 saturated carbocycles. The van der Waals surface area contributed by atoms with Gasteiger partial charge in [-0.15, -0.1) is 0 Å². The Morgan fingerprint density at radius 3 is 2.22 bits per heavy atom. The number of rotatable bonds is 6. The molecule has 3 nitrogen and oxygen atoms in total. The molecule has 0 amide bonds. The molecule has 1 aromatic carbocycles. The van der Waals surface area contributed by atoms with Gasteiger partial charge in [-0.05, 0) is 43.4 Å². The Hall–Kier alpha value is -0.740. The van der Waals surface area contributed by atoms with Crippen LogP contribution in [-0.2, 0) is 6.42 Å². The Morgan fingerprint density at radius 1 is 1.17 bits per heavy atom. The summed E-state index contributed by atoms with van der Waals surface area (Å²) in [4.78, 5) is 0. The SMILES string of the molecule is COc1cc(Br)c(CC(C)CC(C)N)cc1OC. The minimum absolute atomic E-state index is 0.235. The molecule has 0 heterocycles. The van der Waals surface area contributed by atoms with E-state index in [2.05, 4.69) is 22.9 Å². The average Bonchev–Trinajstić information content (AvgIpc) is 2.30. The lowest BCUT2D eigenvalue weighted by Crippen LogP contribution is -2.19. The van der Waals surface area contributed by atoms with Crippen LogP contribution in [0.2, 0.25) is 0 Å². The summed E-state index contributed by atoms with van der Waals surface area (Å²) < 4.78 is 11.6. The fourth-order valence-corrected chi connectivity index (χ4v) is 2.63. The minimum Gasteiger partial charge on any atom is -0.493 e. The standard InChI is InChI=1S/C14H22BrNO2/c1-9(5-10(2)16)6-11-7-13(17-3)14(18-4)8-12(11)15/h7-10H,5-6,16H2,1-4H3. The molecule has 0 bridgehead atoms.